The van der Waals surface area contributed by atoms with Gasteiger partial charge in [0.05, 0.1) is 15.1 Å². The zero-order valence-corrected chi connectivity index (χ0v) is 19.8. The largest absolute Gasteiger partial charge is 0.453 e. The lowest BCUT2D eigenvalue weighted by Crippen LogP contribution is -2.37. The highest BCUT2D eigenvalue weighted by atomic mass is 32.1. The number of pyridine rings is 1. The molecule has 35 heavy (non-hydrogen) atoms. The lowest BCUT2D eigenvalue weighted by atomic mass is 10.2. The fourth-order valence-electron chi connectivity index (χ4n) is 3.97. The minimum absolute atomic E-state index is 0.00961. The van der Waals surface area contributed by atoms with E-state index >= 15 is 0 Å². The van der Waals surface area contributed by atoms with E-state index in [2.05, 4.69) is 20.9 Å². The van der Waals surface area contributed by atoms with Gasteiger partial charge in [0.15, 0.2) is 11.6 Å². The second-order valence-electron chi connectivity index (χ2n) is 8.69. The fraction of sp³-hybridized carbons (Fsp3) is 0.333. The number of amides is 4. The number of thiophene rings is 1. The molecule has 1 aliphatic heterocycles. The summed E-state index contributed by atoms with van der Waals surface area (Å²) in [6.45, 7) is 2.47. The molecule has 1 saturated carbocycles. The van der Waals surface area contributed by atoms with Crippen LogP contribution in [0.3, 0.4) is 0 Å². The molecule has 3 aromatic rings. The number of halogens is 1. The number of fused-ring (bicyclic) bond motifs is 1. The quantitative estimate of drug-likeness (QED) is 0.479. The van der Waals surface area contributed by atoms with Crippen molar-refractivity contribution in [3.8, 4) is 11.5 Å². The summed E-state index contributed by atoms with van der Waals surface area (Å²) < 4.78 is 21.2. The first-order valence-corrected chi connectivity index (χ1v) is 12.2. The molecular formula is C24H24FN5O4S. The van der Waals surface area contributed by atoms with E-state index < -0.39 is 5.82 Å². The predicted octanol–water partition coefficient (Wildman–Crippen LogP) is 3.86. The van der Waals surface area contributed by atoms with Gasteiger partial charge in [0.25, 0.3) is 5.91 Å². The molecule has 0 spiro atoms. The van der Waals surface area contributed by atoms with Crippen molar-refractivity contribution >= 4 is 45.1 Å². The molecule has 4 amide bonds. The van der Waals surface area contributed by atoms with Crippen LogP contribution in [0.15, 0.2) is 36.5 Å². The Bertz CT molecular complexity index is 1310. The van der Waals surface area contributed by atoms with Gasteiger partial charge < -0.3 is 25.6 Å². The average molecular weight is 498 g/mol. The molecule has 3 heterocycles. The zero-order chi connectivity index (χ0) is 24.5. The van der Waals surface area contributed by atoms with Crippen molar-refractivity contribution in [3.63, 3.8) is 0 Å². The minimum Gasteiger partial charge on any atom is -0.453 e. The number of nitrogens with one attached hydrogen (secondary N) is 3. The van der Waals surface area contributed by atoms with Crippen LogP contribution >= 0.6 is 11.3 Å². The molecule has 2 aliphatic rings. The second kappa shape index (κ2) is 9.49. The average Bonchev–Trinajstić information content (AvgIpc) is 3.31. The number of benzene rings is 1. The Morgan fingerprint density at radius 3 is 2.66 bits per heavy atom. The van der Waals surface area contributed by atoms with Crippen molar-refractivity contribution in [3.05, 3.63) is 47.2 Å². The third-order valence-corrected chi connectivity index (χ3v) is 6.92. The van der Waals surface area contributed by atoms with Gasteiger partial charge >= 0.3 is 6.03 Å². The molecule has 5 rings (SSSR count). The molecule has 9 nitrogen and oxygen atoms in total. The summed E-state index contributed by atoms with van der Waals surface area (Å²) in [5.74, 6) is -0.520. The maximum Gasteiger partial charge on any atom is 0.319 e. The third-order valence-electron chi connectivity index (χ3n) is 5.79. The Hall–Kier alpha value is -3.73. The number of carbonyl (C=O) groups is 3. The van der Waals surface area contributed by atoms with Gasteiger partial charge in [-0.3, -0.25) is 14.6 Å². The van der Waals surface area contributed by atoms with Crippen LogP contribution in [-0.2, 0) is 4.79 Å². The maximum atomic E-state index is 14.7. The molecule has 11 heteroatoms. The molecule has 0 bridgehead atoms. The van der Waals surface area contributed by atoms with Crippen LogP contribution in [0.25, 0.3) is 10.2 Å². The minimum atomic E-state index is -0.631. The third kappa shape index (κ3) is 5.35. The van der Waals surface area contributed by atoms with E-state index in [1.165, 1.54) is 36.6 Å². The van der Waals surface area contributed by atoms with Crippen LogP contribution in [0, 0.1) is 5.82 Å². The summed E-state index contributed by atoms with van der Waals surface area (Å²) in [5.41, 5.74) is 0.893. The number of likely N-dealkylation sites (tertiary alicyclic amines) is 1. The molecule has 3 N–H and O–H groups in total. The lowest BCUT2D eigenvalue weighted by molar-refractivity contribution is -0.119. The predicted molar refractivity (Wildman–Crippen MR) is 129 cm³/mol. The molecule has 0 unspecified atom stereocenters. The van der Waals surface area contributed by atoms with E-state index in [0.717, 1.165) is 12.8 Å². The number of aromatic nitrogens is 1. The van der Waals surface area contributed by atoms with E-state index in [4.69, 9.17) is 4.74 Å². The van der Waals surface area contributed by atoms with Crippen molar-refractivity contribution in [1.82, 2.24) is 20.5 Å². The summed E-state index contributed by atoms with van der Waals surface area (Å²) in [7, 11) is 0. The Labute approximate surface area is 204 Å². The monoisotopic (exact) mass is 497 g/mol. The van der Waals surface area contributed by atoms with Crippen LogP contribution in [0.2, 0.25) is 0 Å². The number of rotatable bonds is 6. The number of ether oxygens (including phenoxy) is 1. The number of carbonyl (C=O) groups excluding carboxylic acids is 3. The first kappa shape index (κ1) is 23.0. The molecule has 182 valence electrons. The highest BCUT2D eigenvalue weighted by Crippen LogP contribution is 2.36. The molecule has 1 aromatic carbocycles. The standard InChI is InChI=1S/C24H24FN5O4S/c1-13(31)27-16-7-9-30(12-16)23(32)21-11-18-22(35-21)20(6-8-26-18)34-19-5-4-15(10-17(19)25)29-24(33)28-14-2-3-14/h4-6,8,10-11,14,16H,2-3,7,9,12H2,1H3,(H,27,31)(H2,28,29,33)/t16-/m1/s1. The number of hydrogen-bond donors (Lipinski definition) is 3. The highest BCUT2D eigenvalue weighted by molar-refractivity contribution is 7.21. The summed E-state index contributed by atoms with van der Waals surface area (Å²) >= 11 is 1.23. The first-order valence-electron chi connectivity index (χ1n) is 11.4. The van der Waals surface area contributed by atoms with Crippen molar-refractivity contribution in [2.75, 3.05) is 18.4 Å². The summed E-state index contributed by atoms with van der Waals surface area (Å²) in [6, 6.07) is 7.29. The van der Waals surface area contributed by atoms with Crippen LogP contribution in [0.5, 0.6) is 11.5 Å². The Kier molecular flexibility index (Phi) is 6.25. The van der Waals surface area contributed by atoms with Gasteiger partial charge in [-0.1, -0.05) is 0 Å². The maximum absolute atomic E-state index is 14.7. The van der Waals surface area contributed by atoms with Crippen LogP contribution in [0.4, 0.5) is 14.9 Å². The number of hydrogen-bond acceptors (Lipinski definition) is 6. The van der Waals surface area contributed by atoms with Gasteiger partial charge in [-0.05, 0) is 37.5 Å². The molecular weight excluding hydrogens is 473 g/mol. The van der Waals surface area contributed by atoms with Gasteiger partial charge in [0.1, 0.15) is 5.75 Å². The molecule has 0 radical (unpaired) electrons. The van der Waals surface area contributed by atoms with Crippen LogP contribution < -0.4 is 20.7 Å². The molecule has 2 fully saturated rings. The Morgan fingerprint density at radius 1 is 1.09 bits per heavy atom. The van der Waals surface area contributed by atoms with Crippen LogP contribution in [-0.4, -0.2) is 52.9 Å². The smallest absolute Gasteiger partial charge is 0.319 e. The number of urea groups is 1. The summed E-state index contributed by atoms with van der Waals surface area (Å²) in [4.78, 5) is 42.7. The highest BCUT2D eigenvalue weighted by Gasteiger charge is 2.29. The van der Waals surface area contributed by atoms with Crippen molar-refractivity contribution in [2.45, 2.75) is 38.3 Å². The first-order chi connectivity index (χ1) is 16.9. The fourth-order valence-corrected chi connectivity index (χ4v) is 5.00. The Balaban J connectivity index is 1.30. The van der Waals surface area contributed by atoms with Crippen molar-refractivity contribution < 1.29 is 23.5 Å². The van der Waals surface area contributed by atoms with Gasteiger partial charge in [0, 0.05) is 56.1 Å². The Morgan fingerprint density at radius 2 is 1.91 bits per heavy atom. The molecule has 1 atom stereocenters. The number of anilines is 1. The second-order valence-corrected chi connectivity index (χ2v) is 9.74. The molecule has 1 aliphatic carbocycles. The molecule has 2 aromatic heterocycles. The van der Waals surface area contributed by atoms with E-state index in [1.807, 2.05) is 0 Å². The van der Waals surface area contributed by atoms with Gasteiger partial charge in [0.2, 0.25) is 5.91 Å². The SMILES string of the molecule is CC(=O)N[C@@H]1CCN(C(=O)c2cc3nccc(Oc4ccc(NC(=O)NC5CC5)cc4F)c3s2)C1. The zero-order valence-electron chi connectivity index (χ0n) is 19.0. The number of nitrogens with zero attached hydrogens (tertiary/aromatic N) is 2. The van der Waals surface area contributed by atoms with E-state index in [9.17, 15) is 18.8 Å². The van der Waals surface area contributed by atoms with Crippen molar-refractivity contribution in [1.29, 1.82) is 0 Å². The van der Waals surface area contributed by atoms with Gasteiger partial charge in [-0.25, -0.2) is 9.18 Å². The molecule has 1 saturated heterocycles. The topological polar surface area (TPSA) is 113 Å². The van der Waals surface area contributed by atoms with Gasteiger partial charge in [-0.2, -0.15) is 0 Å². The van der Waals surface area contributed by atoms with E-state index in [-0.39, 0.29) is 35.7 Å². The summed E-state index contributed by atoms with van der Waals surface area (Å²) in [5, 5.41) is 8.24. The lowest BCUT2D eigenvalue weighted by Gasteiger charge is -2.15. The van der Waals surface area contributed by atoms with E-state index in [1.54, 1.807) is 23.1 Å². The summed E-state index contributed by atoms with van der Waals surface area (Å²) in [6.07, 6.45) is 4.16. The normalized spacial score (nSPS) is 17.3. The van der Waals surface area contributed by atoms with Crippen molar-refractivity contribution in [2.24, 2.45) is 0 Å². The van der Waals surface area contributed by atoms with E-state index in [0.29, 0.717) is 46.0 Å². The van der Waals surface area contributed by atoms with Crippen LogP contribution in [0.1, 0.15) is 35.9 Å². The van der Waals surface area contributed by atoms with Gasteiger partial charge in [-0.15, -0.1) is 11.3 Å².